The van der Waals surface area contributed by atoms with Crippen molar-refractivity contribution < 1.29 is 9.53 Å². The second-order valence-corrected chi connectivity index (χ2v) is 4.15. The first-order chi connectivity index (χ1) is 7.79. The van der Waals surface area contributed by atoms with E-state index in [4.69, 9.17) is 4.74 Å². The predicted molar refractivity (Wildman–Crippen MR) is 59.3 cm³/mol. The number of rotatable bonds is 2. The largest absolute Gasteiger partial charge is 0.497 e. The van der Waals surface area contributed by atoms with E-state index in [-0.39, 0.29) is 11.8 Å². The van der Waals surface area contributed by atoms with Gasteiger partial charge in [0.1, 0.15) is 5.75 Å². The second-order valence-electron chi connectivity index (χ2n) is 4.15. The number of hydrazone groups is 1. The van der Waals surface area contributed by atoms with Crippen LogP contribution in [0.1, 0.15) is 12.0 Å². The Morgan fingerprint density at radius 3 is 2.75 bits per heavy atom. The Balaban J connectivity index is 1.90. The van der Waals surface area contributed by atoms with Crippen molar-refractivity contribution in [2.24, 2.45) is 16.9 Å². The molecule has 0 radical (unpaired) electrons. The Morgan fingerprint density at radius 1 is 1.31 bits per heavy atom. The first kappa shape index (κ1) is 9.39. The molecule has 2 atom stereocenters. The molecule has 1 N–H and O–H groups in total. The minimum absolute atomic E-state index is 0.0576. The highest BCUT2D eigenvalue weighted by atomic mass is 16.5. The quantitative estimate of drug-likeness (QED) is 0.806. The fraction of sp³-hybridized carbons (Fsp3) is 0.333. The summed E-state index contributed by atoms with van der Waals surface area (Å²) >= 11 is 0. The molecule has 4 heteroatoms. The Bertz CT molecular complexity index is 464. The van der Waals surface area contributed by atoms with Crippen LogP contribution < -0.4 is 10.2 Å². The number of hydrogen-bond donors (Lipinski definition) is 1. The summed E-state index contributed by atoms with van der Waals surface area (Å²) in [4.78, 5) is 11.3. The molecule has 3 rings (SSSR count). The number of nitrogens with one attached hydrogen (secondary N) is 1. The average Bonchev–Trinajstić information content (AvgIpc) is 3.11. The van der Waals surface area contributed by atoms with E-state index in [2.05, 4.69) is 10.5 Å². The van der Waals surface area contributed by atoms with Crippen LogP contribution in [-0.2, 0) is 4.79 Å². The molecule has 1 fully saturated rings. The van der Waals surface area contributed by atoms with Gasteiger partial charge in [0.25, 0.3) is 0 Å². The fourth-order valence-corrected chi connectivity index (χ4v) is 2.11. The third-order valence-electron chi connectivity index (χ3n) is 3.15. The summed E-state index contributed by atoms with van der Waals surface area (Å²) in [5, 5.41) is 4.14. The standard InChI is InChI=1S/C12H12N2O2/c1-16-8-4-2-7(3-5-8)11-9-6-10(9)12(15)14-13-11/h2-5,9-10H,6H2,1H3,(H,14,15)/t9-,10-/m1/s1. The van der Waals surface area contributed by atoms with E-state index in [9.17, 15) is 4.79 Å². The van der Waals surface area contributed by atoms with Gasteiger partial charge in [-0.1, -0.05) is 0 Å². The van der Waals surface area contributed by atoms with Crippen LogP contribution in [0.25, 0.3) is 0 Å². The molecule has 1 saturated carbocycles. The highest BCUT2D eigenvalue weighted by Crippen LogP contribution is 2.43. The molecule has 16 heavy (non-hydrogen) atoms. The van der Waals surface area contributed by atoms with Gasteiger partial charge < -0.3 is 4.74 Å². The van der Waals surface area contributed by atoms with E-state index in [1.165, 1.54) is 0 Å². The Morgan fingerprint density at radius 2 is 2.06 bits per heavy atom. The average molecular weight is 216 g/mol. The zero-order valence-electron chi connectivity index (χ0n) is 8.93. The van der Waals surface area contributed by atoms with Gasteiger partial charge in [0.05, 0.1) is 12.8 Å². The molecule has 4 nitrogen and oxygen atoms in total. The van der Waals surface area contributed by atoms with Crippen LogP contribution in [0.4, 0.5) is 0 Å². The maximum absolute atomic E-state index is 11.3. The van der Waals surface area contributed by atoms with E-state index in [1.54, 1.807) is 7.11 Å². The van der Waals surface area contributed by atoms with Crippen molar-refractivity contribution in [2.45, 2.75) is 6.42 Å². The summed E-state index contributed by atoms with van der Waals surface area (Å²) in [5.74, 6) is 1.36. The minimum atomic E-state index is 0.0576. The maximum Gasteiger partial charge on any atom is 0.243 e. The number of carbonyl (C=O) groups is 1. The Labute approximate surface area is 93.3 Å². The molecule has 0 saturated heterocycles. The second kappa shape index (κ2) is 3.33. The highest BCUT2D eigenvalue weighted by molar-refractivity contribution is 6.09. The Kier molecular flexibility index (Phi) is 1.96. The molecule has 0 bridgehead atoms. The van der Waals surface area contributed by atoms with Gasteiger partial charge in [0, 0.05) is 11.8 Å². The molecule has 0 spiro atoms. The van der Waals surface area contributed by atoms with Crippen LogP contribution in [0.5, 0.6) is 5.75 Å². The van der Waals surface area contributed by atoms with E-state index < -0.39 is 0 Å². The third kappa shape index (κ3) is 1.38. The molecular weight excluding hydrogens is 204 g/mol. The lowest BCUT2D eigenvalue weighted by Crippen LogP contribution is -2.28. The van der Waals surface area contributed by atoms with Crippen LogP contribution in [0.2, 0.25) is 0 Å². The topological polar surface area (TPSA) is 50.7 Å². The lowest BCUT2D eigenvalue weighted by Gasteiger charge is -2.11. The van der Waals surface area contributed by atoms with Crippen LogP contribution >= 0.6 is 0 Å². The number of amides is 1. The maximum atomic E-state index is 11.3. The summed E-state index contributed by atoms with van der Waals surface area (Å²) in [6.07, 6.45) is 0.927. The number of benzene rings is 1. The number of carbonyl (C=O) groups excluding carboxylic acids is 1. The van der Waals surface area contributed by atoms with Gasteiger partial charge in [0.15, 0.2) is 0 Å². The third-order valence-corrected chi connectivity index (χ3v) is 3.15. The lowest BCUT2D eigenvalue weighted by molar-refractivity contribution is -0.122. The Hall–Kier alpha value is -1.84. The van der Waals surface area contributed by atoms with Crippen molar-refractivity contribution in [1.29, 1.82) is 0 Å². The van der Waals surface area contributed by atoms with Crippen LogP contribution in [-0.4, -0.2) is 18.7 Å². The van der Waals surface area contributed by atoms with Crippen LogP contribution in [0.15, 0.2) is 29.4 Å². The first-order valence-corrected chi connectivity index (χ1v) is 5.31. The smallest absolute Gasteiger partial charge is 0.243 e. The molecule has 2 aliphatic rings. The molecule has 1 amide bonds. The van der Waals surface area contributed by atoms with Crippen molar-refractivity contribution in [3.05, 3.63) is 29.8 Å². The number of nitrogens with zero attached hydrogens (tertiary/aromatic N) is 1. The molecule has 82 valence electrons. The molecule has 1 aromatic rings. The minimum Gasteiger partial charge on any atom is -0.497 e. The van der Waals surface area contributed by atoms with Crippen LogP contribution in [0, 0.1) is 11.8 Å². The van der Waals surface area contributed by atoms with Gasteiger partial charge in [-0.3, -0.25) is 4.79 Å². The van der Waals surface area contributed by atoms with Crippen molar-refractivity contribution in [3.8, 4) is 5.75 Å². The van der Waals surface area contributed by atoms with Gasteiger partial charge >= 0.3 is 0 Å². The zero-order chi connectivity index (χ0) is 11.1. The summed E-state index contributed by atoms with van der Waals surface area (Å²) in [6.45, 7) is 0. The zero-order valence-corrected chi connectivity index (χ0v) is 8.93. The van der Waals surface area contributed by atoms with E-state index in [1.807, 2.05) is 24.3 Å². The summed E-state index contributed by atoms with van der Waals surface area (Å²) in [6, 6.07) is 7.77. The van der Waals surface area contributed by atoms with Crippen molar-refractivity contribution >= 4 is 11.6 Å². The number of hydrogen-bond acceptors (Lipinski definition) is 3. The first-order valence-electron chi connectivity index (χ1n) is 5.31. The van der Waals surface area contributed by atoms with Gasteiger partial charge in [-0.2, -0.15) is 5.10 Å². The van der Waals surface area contributed by atoms with Crippen LogP contribution in [0.3, 0.4) is 0 Å². The molecule has 1 aliphatic carbocycles. The van der Waals surface area contributed by atoms with Crippen molar-refractivity contribution in [3.63, 3.8) is 0 Å². The van der Waals surface area contributed by atoms with E-state index in [0.29, 0.717) is 5.92 Å². The van der Waals surface area contributed by atoms with E-state index in [0.717, 1.165) is 23.4 Å². The highest BCUT2D eigenvalue weighted by Gasteiger charge is 2.49. The predicted octanol–water partition coefficient (Wildman–Crippen LogP) is 1.17. The molecule has 0 aromatic heterocycles. The van der Waals surface area contributed by atoms with Gasteiger partial charge in [0.2, 0.25) is 5.91 Å². The summed E-state index contributed by atoms with van der Waals surface area (Å²) < 4.78 is 5.10. The van der Waals surface area contributed by atoms with Crippen molar-refractivity contribution in [1.82, 2.24) is 5.43 Å². The molecule has 0 unspecified atom stereocenters. The lowest BCUT2D eigenvalue weighted by atomic mass is 10.0. The number of ether oxygens (including phenoxy) is 1. The molecule has 1 aliphatic heterocycles. The number of fused-ring (bicyclic) bond motifs is 1. The molecular formula is C12H12N2O2. The molecule has 1 aromatic carbocycles. The normalized spacial score (nSPS) is 26.6. The number of methoxy groups -OCH3 is 1. The fourth-order valence-electron chi connectivity index (χ4n) is 2.11. The van der Waals surface area contributed by atoms with Crippen molar-refractivity contribution in [2.75, 3.05) is 7.11 Å². The van der Waals surface area contributed by atoms with Gasteiger partial charge in [-0.15, -0.1) is 0 Å². The van der Waals surface area contributed by atoms with Gasteiger partial charge in [-0.25, -0.2) is 5.43 Å². The van der Waals surface area contributed by atoms with E-state index >= 15 is 0 Å². The summed E-state index contributed by atoms with van der Waals surface area (Å²) in [7, 11) is 1.64. The summed E-state index contributed by atoms with van der Waals surface area (Å²) in [5.41, 5.74) is 4.62. The SMILES string of the molecule is COc1ccc(C2=NNC(=O)[C@@H]3C[C@@H]23)cc1. The monoisotopic (exact) mass is 216 g/mol. The molecule has 1 heterocycles. The van der Waals surface area contributed by atoms with Gasteiger partial charge in [-0.05, 0) is 36.2 Å².